The molecular formula is C23H44IN7O. The predicted molar refractivity (Wildman–Crippen MR) is 141 cm³/mol. The van der Waals surface area contributed by atoms with E-state index in [1.165, 1.54) is 32.1 Å². The molecule has 9 heteroatoms. The summed E-state index contributed by atoms with van der Waals surface area (Å²) in [5, 5.41) is 15.7. The third kappa shape index (κ3) is 8.44. The number of halogens is 1. The smallest absolute Gasteiger partial charge is 0.191 e. The standard InChI is InChI=1S/C23H43N7O.HI/c1-18(21-9-6-5-7-10-21)19(2)26-23(25-17-22-28-27-20(3)29(22)4)24-11-8-12-30-13-15-31-16-14-30;/h18-19,21H,5-17H2,1-4H3,(H2,24,25,26);1H. The molecule has 8 nitrogen and oxygen atoms in total. The molecule has 2 atom stereocenters. The van der Waals surface area contributed by atoms with Crippen molar-refractivity contribution in [1.82, 2.24) is 30.3 Å². The summed E-state index contributed by atoms with van der Waals surface area (Å²) in [5.41, 5.74) is 0. The molecule has 1 aromatic heterocycles. The zero-order valence-corrected chi connectivity index (χ0v) is 22.8. The highest BCUT2D eigenvalue weighted by molar-refractivity contribution is 14.0. The second-order valence-corrected chi connectivity index (χ2v) is 9.31. The van der Waals surface area contributed by atoms with Gasteiger partial charge in [-0.2, -0.15) is 0 Å². The van der Waals surface area contributed by atoms with E-state index >= 15 is 0 Å². The van der Waals surface area contributed by atoms with Crippen molar-refractivity contribution in [3.05, 3.63) is 11.6 Å². The Morgan fingerprint density at radius 2 is 1.88 bits per heavy atom. The van der Waals surface area contributed by atoms with Crippen LogP contribution in [-0.2, 0) is 18.3 Å². The number of aliphatic imine (C=N–C) groups is 1. The molecule has 0 spiro atoms. The fraction of sp³-hybridized carbons (Fsp3) is 0.870. The van der Waals surface area contributed by atoms with Crippen molar-refractivity contribution < 1.29 is 4.74 Å². The van der Waals surface area contributed by atoms with Gasteiger partial charge in [0.15, 0.2) is 11.8 Å². The SMILES string of the molecule is Cc1nnc(CN=C(NCCCN2CCOCC2)NC(C)C(C)C2CCCCC2)n1C.I. The molecule has 2 heterocycles. The van der Waals surface area contributed by atoms with Crippen LogP contribution in [0, 0.1) is 18.8 Å². The van der Waals surface area contributed by atoms with E-state index in [-0.39, 0.29) is 24.0 Å². The molecule has 184 valence electrons. The predicted octanol–water partition coefficient (Wildman–Crippen LogP) is 3.10. The zero-order valence-electron chi connectivity index (χ0n) is 20.5. The van der Waals surface area contributed by atoms with Crippen LogP contribution in [0.25, 0.3) is 0 Å². The number of nitrogens with one attached hydrogen (secondary N) is 2. The molecule has 1 aromatic rings. The number of ether oxygens (including phenoxy) is 1. The largest absolute Gasteiger partial charge is 0.379 e. The van der Waals surface area contributed by atoms with Crippen LogP contribution in [0.1, 0.15) is 64.0 Å². The Balaban J connectivity index is 0.00000363. The van der Waals surface area contributed by atoms with Gasteiger partial charge in [0.2, 0.25) is 0 Å². The molecular weight excluding hydrogens is 517 g/mol. The summed E-state index contributed by atoms with van der Waals surface area (Å²) in [6.45, 7) is 13.0. The number of hydrogen-bond acceptors (Lipinski definition) is 5. The Labute approximate surface area is 211 Å². The van der Waals surface area contributed by atoms with Crippen molar-refractivity contribution in [3.8, 4) is 0 Å². The minimum absolute atomic E-state index is 0. The van der Waals surface area contributed by atoms with Gasteiger partial charge in [0.05, 0.1) is 13.2 Å². The normalized spacial score (nSPS) is 20.4. The molecule has 0 radical (unpaired) electrons. The molecule has 2 fully saturated rings. The van der Waals surface area contributed by atoms with E-state index in [9.17, 15) is 0 Å². The van der Waals surface area contributed by atoms with E-state index in [4.69, 9.17) is 9.73 Å². The number of rotatable bonds is 9. The lowest BCUT2D eigenvalue weighted by Crippen LogP contribution is -2.47. The first-order chi connectivity index (χ1) is 15.0. The van der Waals surface area contributed by atoms with Crippen molar-refractivity contribution in [2.24, 2.45) is 23.9 Å². The monoisotopic (exact) mass is 561 g/mol. The highest BCUT2D eigenvalue weighted by Crippen LogP contribution is 2.31. The van der Waals surface area contributed by atoms with E-state index in [2.05, 4.69) is 39.6 Å². The maximum absolute atomic E-state index is 5.45. The van der Waals surface area contributed by atoms with E-state index in [1.54, 1.807) is 0 Å². The van der Waals surface area contributed by atoms with Crippen molar-refractivity contribution in [2.75, 3.05) is 39.4 Å². The van der Waals surface area contributed by atoms with Crippen LogP contribution in [0.4, 0.5) is 0 Å². The minimum Gasteiger partial charge on any atom is -0.379 e. The molecule has 1 saturated carbocycles. The zero-order chi connectivity index (χ0) is 22.1. The van der Waals surface area contributed by atoms with Crippen LogP contribution < -0.4 is 10.6 Å². The van der Waals surface area contributed by atoms with Crippen molar-refractivity contribution in [2.45, 2.75) is 71.9 Å². The third-order valence-electron chi connectivity index (χ3n) is 7.16. The molecule has 0 aromatic carbocycles. The van der Waals surface area contributed by atoms with Gasteiger partial charge < -0.3 is 19.9 Å². The Bertz CT molecular complexity index is 684. The number of aryl methyl sites for hydroxylation is 1. The summed E-state index contributed by atoms with van der Waals surface area (Å²) < 4.78 is 7.45. The van der Waals surface area contributed by atoms with Crippen LogP contribution in [0.5, 0.6) is 0 Å². The van der Waals surface area contributed by atoms with Gasteiger partial charge in [0, 0.05) is 32.7 Å². The Kier molecular flexibility index (Phi) is 12.2. The lowest BCUT2D eigenvalue weighted by Gasteiger charge is -2.33. The van der Waals surface area contributed by atoms with Gasteiger partial charge in [-0.15, -0.1) is 34.2 Å². The summed E-state index contributed by atoms with van der Waals surface area (Å²) in [6.07, 6.45) is 7.99. The fourth-order valence-electron chi connectivity index (χ4n) is 4.64. The molecule has 1 aliphatic heterocycles. The van der Waals surface area contributed by atoms with Gasteiger partial charge >= 0.3 is 0 Å². The summed E-state index contributed by atoms with van der Waals surface area (Å²) in [7, 11) is 2.00. The molecule has 3 rings (SSSR count). The molecule has 0 bridgehead atoms. The number of nitrogens with zero attached hydrogens (tertiary/aromatic N) is 5. The first-order valence-electron chi connectivity index (χ1n) is 12.2. The molecule has 2 N–H and O–H groups in total. The molecule has 1 saturated heterocycles. The lowest BCUT2D eigenvalue weighted by atomic mass is 9.78. The van der Waals surface area contributed by atoms with E-state index in [0.717, 1.165) is 69.3 Å². The minimum atomic E-state index is 0. The quantitative estimate of drug-likeness (QED) is 0.209. The van der Waals surface area contributed by atoms with Crippen LogP contribution in [0.15, 0.2) is 4.99 Å². The molecule has 32 heavy (non-hydrogen) atoms. The first kappa shape index (κ1) is 27.3. The number of hydrogen-bond donors (Lipinski definition) is 2. The summed E-state index contributed by atoms with van der Waals surface area (Å²) in [4.78, 5) is 7.34. The van der Waals surface area contributed by atoms with Gasteiger partial charge in [-0.25, -0.2) is 4.99 Å². The molecule has 0 amide bonds. The van der Waals surface area contributed by atoms with Gasteiger partial charge in [-0.1, -0.05) is 39.0 Å². The van der Waals surface area contributed by atoms with Crippen LogP contribution >= 0.6 is 24.0 Å². The lowest BCUT2D eigenvalue weighted by molar-refractivity contribution is 0.0376. The molecule has 1 aliphatic carbocycles. The van der Waals surface area contributed by atoms with Crippen LogP contribution in [0.2, 0.25) is 0 Å². The highest BCUT2D eigenvalue weighted by Gasteiger charge is 2.25. The van der Waals surface area contributed by atoms with E-state index in [0.29, 0.717) is 18.5 Å². The number of guanidine groups is 1. The van der Waals surface area contributed by atoms with Gasteiger partial charge in [-0.3, -0.25) is 4.90 Å². The summed E-state index contributed by atoms with van der Waals surface area (Å²) in [6, 6.07) is 0.384. The average Bonchev–Trinajstić information content (AvgIpc) is 3.13. The van der Waals surface area contributed by atoms with Crippen LogP contribution in [-0.4, -0.2) is 71.1 Å². The first-order valence-corrected chi connectivity index (χ1v) is 12.2. The van der Waals surface area contributed by atoms with Crippen molar-refractivity contribution in [3.63, 3.8) is 0 Å². The summed E-state index contributed by atoms with van der Waals surface area (Å²) >= 11 is 0. The third-order valence-corrected chi connectivity index (χ3v) is 7.16. The molecule has 2 unspecified atom stereocenters. The van der Waals surface area contributed by atoms with Crippen molar-refractivity contribution in [1.29, 1.82) is 0 Å². The second kappa shape index (κ2) is 14.3. The second-order valence-electron chi connectivity index (χ2n) is 9.31. The highest BCUT2D eigenvalue weighted by atomic mass is 127. The van der Waals surface area contributed by atoms with Crippen LogP contribution in [0.3, 0.4) is 0 Å². The van der Waals surface area contributed by atoms with Gasteiger partial charge in [0.1, 0.15) is 12.4 Å². The Morgan fingerprint density at radius 1 is 1.16 bits per heavy atom. The topological polar surface area (TPSA) is 79.6 Å². The number of aromatic nitrogens is 3. The molecule has 2 aliphatic rings. The van der Waals surface area contributed by atoms with E-state index < -0.39 is 0 Å². The summed E-state index contributed by atoms with van der Waals surface area (Å²) in [5.74, 6) is 4.15. The maximum Gasteiger partial charge on any atom is 0.191 e. The van der Waals surface area contributed by atoms with Crippen molar-refractivity contribution >= 4 is 29.9 Å². The Hall–Kier alpha value is -0.940. The maximum atomic E-state index is 5.45. The van der Waals surface area contributed by atoms with Gasteiger partial charge in [-0.05, 0) is 38.6 Å². The number of morpholine rings is 1. The fourth-order valence-corrected chi connectivity index (χ4v) is 4.64. The average molecular weight is 562 g/mol. The van der Waals surface area contributed by atoms with E-state index in [1.807, 2.05) is 18.5 Å². The Morgan fingerprint density at radius 3 is 2.53 bits per heavy atom. The van der Waals surface area contributed by atoms with Gasteiger partial charge in [0.25, 0.3) is 0 Å².